The number of amides is 1. The van der Waals surface area contributed by atoms with Crippen molar-refractivity contribution in [3.05, 3.63) is 29.3 Å². The largest absolute Gasteiger partial charge is 0.484 e. The van der Waals surface area contributed by atoms with Crippen LogP contribution in [0.2, 0.25) is 5.02 Å². The molecule has 0 saturated heterocycles. The molecule has 0 heterocycles. The first-order chi connectivity index (χ1) is 9.69. The van der Waals surface area contributed by atoms with Gasteiger partial charge in [-0.3, -0.25) is 4.79 Å². The highest BCUT2D eigenvalue weighted by Gasteiger charge is 2.25. The van der Waals surface area contributed by atoms with Gasteiger partial charge in [-0.2, -0.15) is 0 Å². The maximum atomic E-state index is 11.9. The standard InChI is InChI=1S/C15H19BrClNO2/c16-9-11-3-1-2-4-14(11)18-15(19)10-20-13-7-5-12(17)6-8-13/h5-8,11,14H,1-4,9-10H2,(H,18,19). The second-order valence-corrected chi connectivity index (χ2v) is 6.20. The highest BCUT2D eigenvalue weighted by molar-refractivity contribution is 9.09. The number of halogens is 2. The Balaban J connectivity index is 1.78. The summed E-state index contributed by atoms with van der Waals surface area (Å²) in [6.45, 7) is 0.0487. The van der Waals surface area contributed by atoms with Crippen LogP contribution < -0.4 is 10.1 Å². The number of benzene rings is 1. The van der Waals surface area contributed by atoms with E-state index in [2.05, 4.69) is 21.2 Å². The van der Waals surface area contributed by atoms with Gasteiger partial charge in [0.2, 0.25) is 0 Å². The number of hydrogen-bond donors (Lipinski definition) is 1. The number of rotatable bonds is 5. The zero-order chi connectivity index (χ0) is 14.4. The molecule has 20 heavy (non-hydrogen) atoms. The Bertz CT molecular complexity index is 438. The van der Waals surface area contributed by atoms with Crippen molar-refractivity contribution in [2.75, 3.05) is 11.9 Å². The summed E-state index contributed by atoms with van der Waals surface area (Å²) in [6, 6.07) is 7.28. The van der Waals surface area contributed by atoms with Gasteiger partial charge in [0.1, 0.15) is 5.75 Å². The fourth-order valence-corrected chi connectivity index (χ4v) is 3.41. The van der Waals surface area contributed by atoms with Crippen LogP contribution in [0, 0.1) is 5.92 Å². The molecule has 1 amide bonds. The Morgan fingerprint density at radius 1 is 1.30 bits per heavy atom. The van der Waals surface area contributed by atoms with Crippen molar-refractivity contribution >= 4 is 33.4 Å². The molecule has 0 aromatic heterocycles. The molecule has 1 fully saturated rings. The van der Waals surface area contributed by atoms with Crippen molar-refractivity contribution in [3.8, 4) is 5.75 Å². The summed E-state index contributed by atoms with van der Waals surface area (Å²) < 4.78 is 5.45. The molecule has 1 aromatic rings. The van der Waals surface area contributed by atoms with Gasteiger partial charge in [-0.15, -0.1) is 0 Å². The van der Waals surface area contributed by atoms with Gasteiger partial charge in [0.05, 0.1) is 0 Å². The lowest BCUT2D eigenvalue weighted by Crippen LogP contribution is -2.44. The van der Waals surface area contributed by atoms with Gasteiger partial charge < -0.3 is 10.1 Å². The molecule has 1 saturated carbocycles. The normalized spacial score (nSPS) is 22.3. The van der Waals surface area contributed by atoms with Crippen LogP contribution in [0.15, 0.2) is 24.3 Å². The van der Waals surface area contributed by atoms with Crippen LogP contribution in [0.25, 0.3) is 0 Å². The van der Waals surface area contributed by atoms with Crippen molar-refractivity contribution in [1.29, 1.82) is 0 Å². The Morgan fingerprint density at radius 2 is 2.00 bits per heavy atom. The number of alkyl halides is 1. The van der Waals surface area contributed by atoms with E-state index < -0.39 is 0 Å². The predicted octanol–water partition coefficient (Wildman–Crippen LogP) is 3.79. The van der Waals surface area contributed by atoms with Crippen molar-refractivity contribution in [2.45, 2.75) is 31.7 Å². The first-order valence-electron chi connectivity index (χ1n) is 6.92. The summed E-state index contributed by atoms with van der Waals surface area (Å²) in [6.07, 6.45) is 4.67. The van der Waals surface area contributed by atoms with Crippen LogP contribution in [0.4, 0.5) is 0 Å². The first-order valence-corrected chi connectivity index (χ1v) is 8.42. The molecular weight excluding hydrogens is 342 g/mol. The van der Waals surface area contributed by atoms with Crippen LogP contribution in [-0.2, 0) is 4.79 Å². The van der Waals surface area contributed by atoms with Crippen molar-refractivity contribution in [3.63, 3.8) is 0 Å². The average molecular weight is 361 g/mol. The number of ether oxygens (including phenoxy) is 1. The lowest BCUT2D eigenvalue weighted by molar-refractivity contribution is -0.124. The summed E-state index contributed by atoms with van der Waals surface area (Å²) in [7, 11) is 0. The minimum atomic E-state index is -0.0576. The van der Waals surface area contributed by atoms with Crippen LogP contribution in [-0.4, -0.2) is 23.9 Å². The molecule has 2 rings (SSSR count). The van der Waals surface area contributed by atoms with Gasteiger partial charge >= 0.3 is 0 Å². The molecule has 0 radical (unpaired) electrons. The SMILES string of the molecule is O=C(COc1ccc(Cl)cc1)NC1CCCCC1CBr. The van der Waals surface area contributed by atoms with Gasteiger partial charge in [0.15, 0.2) is 6.61 Å². The summed E-state index contributed by atoms with van der Waals surface area (Å²) >= 11 is 9.32. The minimum Gasteiger partial charge on any atom is -0.484 e. The molecule has 1 N–H and O–H groups in total. The third kappa shape index (κ3) is 4.67. The molecule has 3 nitrogen and oxygen atoms in total. The van der Waals surface area contributed by atoms with Crippen LogP contribution in [0.5, 0.6) is 5.75 Å². The fraction of sp³-hybridized carbons (Fsp3) is 0.533. The predicted molar refractivity (Wildman–Crippen MR) is 84.6 cm³/mol. The zero-order valence-corrected chi connectivity index (χ0v) is 13.6. The summed E-state index contributed by atoms with van der Waals surface area (Å²) in [5.74, 6) is 1.13. The highest BCUT2D eigenvalue weighted by Crippen LogP contribution is 2.25. The average Bonchev–Trinajstić information content (AvgIpc) is 2.47. The first kappa shape index (κ1) is 15.6. The van der Waals surface area contributed by atoms with Crippen molar-refractivity contribution < 1.29 is 9.53 Å². The van der Waals surface area contributed by atoms with Gasteiger partial charge in [-0.05, 0) is 43.0 Å². The second-order valence-electron chi connectivity index (χ2n) is 5.12. The number of carbonyl (C=O) groups excluding carboxylic acids is 1. The Morgan fingerprint density at radius 3 is 2.70 bits per heavy atom. The Hall–Kier alpha value is -0.740. The number of nitrogens with one attached hydrogen (secondary N) is 1. The smallest absolute Gasteiger partial charge is 0.258 e. The molecule has 1 aliphatic rings. The Kier molecular flexibility index (Phi) is 6.17. The maximum absolute atomic E-state index is 11.9. The minimum absolute atomic E-state index is 0.0487. The molecule has 0 aliphatic heterocycles. The summed E-state index contributed by atoms with van der Waals surface area (Å²) in [5, 5.41) is 4.68. The number of carbonyl (C=O) groups is 1. The lowest BCUT2D eigenvalue weighted by Gasteiger charge is -2.30. The maximum Gasteiger partial charge on any atom is 0.258 e. The lowest BCUT2D eigenvalue weighted by atomic mass is 9.86. The van der Waals surface area contributed by atoms with Crippen LogP contribution >= 0.6 is 27.5 Å². The molecular formula is C15H19BrClNO2. The van der Waals surface area contributed by atoms with E-state index in [1.165, 1.54) is 19.3 Å². The molecule has 2 atom stereocenters. The summed E-state index contributed by atoms with van der Waals surface area (Å²) in [4.78, 5) is 11.9. The van der Waals surface area contributed by atoms with Gasteiger partial charge in [0, 0.05) is 16.4 Å². The third-order valence-corrected chi connectivity index (χ3v) is 4.72. The van der Waals surface area contributed by atoms with E-state index in [1.807, 2.05) is 0 Å². The fourth-order valence-electron chi connectivity index (χ4n) is 2.51. The van der Waals surface area contributed by atoms with Crippen LogP contribution in [0.1, 0.15) is 25.7 Å². The topological polar surface area (TPSA) is 38.3 Å². The van der Waals surface area contributed by atoms with E-state index in [9.17, 15) is 4.79 Å². The molecule has 1 aliphatic carbocycles. The van der Waals surface area contributed by atoms with E-state index in [0.29, 0.717) is 16.7 Å². The molecule has 0 bridgehead atoms. The molecule has 110 valence electrons. The van der Waals surface area contributed by atoms with Crippen LogP contribution in [0.3, 0.4) is 0 Å². The summed E-state index contributed by atoms with van der Waals surface area (Å²) in [5.41, 5.74) is 0. The molecule has 0 spiro atoms. The third-order valence-electron chi connectivity index (χ3n) is 3.64. The van der Waals surface area contributed by atoms with E-state index in [-0.39, 0.29) is 18.6 Å². The molecule has 5 heteroatoms. The second kappa shape index (κ2) is 7.89. The molecule has 1 aromatic carbocycles. The number of hydrogen-bond acceptors (Lipinski definition) is 2. The zero-order valence-electron chi connectivity index (χ0n) is 11.3. The van der Waals surface area contributed by atoms with E-state index >= 15 is 0 Å². The monoisotopic (exact) mass is 359 g/mol. The highest BCUT2D eigenvalue weighted by atomic mass is 79.9. The van der Waals surface area contributed by atoms with Crippen molar-refractivity contribution in [1.82, 2.24) is 5.32 Å². The quantitative estimate of drug-likeness (QED) is 0.811. The van der Waals surface area contributed by atoms with E-state index in [4.69, 9.17) is 16.3 Å². The van der Waals surface area contributed by atoms with E-state index in [0.717, 1.165) is 11.8 Å². The Labute approximate surface area is 133 Å². The van der Waals surface area contributed by atoms with E-state index in [1.54, 1.807) is 24.3 Å². The van der Waals surface area contributed by atoms with Gasteiger partial charge in [-0.1, -0.05) is 40.4 Å². The molecule has 2 unspecified atom stereocenters. The van der Waals surface area contributed by atoms with Crippen molar-refractivity contribution in [2.24, 2.45) is 5.92 Å². The van der Waals surface area contributed by atoms with Gasteiger partial charge in [-0.25, -0.2) is 0 Å². The van der Waals surface area contributed by atoms with Gasteiger partial charge in [0.25, 0.3) is 5.91 Å².